The summed E-state index contributed by atoms with van der Waals surface area (Å²) in [6.45, 7) is 6.34. The number of piperazine rings is 1. The predicted octanol–water partition coefficient (Wildman–Crippen LogP) is 4.30. The first-order valence-electron chi connectivity index (χ1n) is 12.9. The summed E-state index contributed by atoms with van der Waals surface area (Å²) in [5.41, 5.74) is 8.71. The number of rotatable bonds is 3. The van der Waals surface area contributed by atoms with Gasteiger partial charge in [0, 0.05) is 36.6 Å². The molecule has 3 heterocycles. The van der Waals surface area contributed by atoms with Crippen molar-refractivity contribution >= 4 is 51.2 Å². The number of aliphatic imine (C=N–C) groups is 1. The van der Waals surface area contributed by atoms with Crippen molar-refractivity contribution < 1.29 is 23.1 Å². The number of carbonyl (C=O) groups is 1. The molecule has 0 aliphatic carbocycles. The van der Waals surface area contributed by atoms with E-state index in [2.05, 4.69) is 45.1 Å². The van der Waals surface area contributed by atoms with Crippen molar-refractivity contribution in [3.63, 3.8) is 0 Å². The number of carboxylic acid groups (broad SMARTS) is 1. The van der Waals surface area contributed by atoms with Gasteiger partial charge in [0.15, 0.2) is 6.19 Å². The van der Waals surface area contributed by atoms with Crippen molar-refractivity contribution in [1.82, 2.24) is 25.2 Å². The van der Waals surface area contributed by atoms with Gasteiger partial charge in [-0.05, 0) is 42.3 Å². The highest BCUT2D eigenvalue weighted by molar-refractivity contribution is 5.94. The third-order valence-corrected chi connectivity index (χ3v) is 6.62. The van der Waals surface area contributed by atoms with E-state index in [1.807, 2.05) is 54.6 Å². The summed E-state index contributed by atoms with van der Waals surface area (Å²) in [6.07, 6.45) is -1.25. The number of benzene rings is 2. The van der Waals surface area contributed by atoms with Crippen LogP contribution in [0.4, 0.5) is 30.6 Å². The zero-order valence-electron chi connectivity index (χ0n) is 22.7. The van der Waals surface area contributed by atoms with Crippen LogP contribution in [-0.4, -0.2) is 68.7 Å². The van der Waals surface area contributed by atoms with Crippen LogP contribution in [0.3, 0.4) is 0 Å². The molecule has 1 aliphatic rings. The van der Waals surface area contributed by atoms with E-state index >= 15 is 0 Å². The largest absolute Gasteiger partial charge is 0.490 e. The Morgan fingerprint density at radius 2 is 1.79 bits per heavy atom. The molecule has 1 aliphatic heterocycles. The Hall–Kier alpha value is -5.19. The molecule has 1 fully saturated rings. The topological polar surface area (TPSA) is 157 Å². The van der Waals surface area contributed by atoms with Gasteiger partial charge in [0.1, 0.15) is 5.82 Å². The van der Waals surface area contributed by atoms with Gasteiger partial charge in [-0.2, -0.15) is 23.4 Å². The maximum Gasteiger partial charge on any atom is 0.490 e. The molecule has 42 heavy (non-hydrogen) atoms. The molecule has 218 valence electrons. The highest BCUT2D eigenvalue weighted by Crippen LogP contribution is 2.28. The SMILES string of the molecule is CC(C)C1CN(c2nc(N)c3ccccc3n2)CCN1C(=Nc1cccc2ncccc12)NC#N.O=C(O)C(F)(F)F. The van der Waals surface area contributed by atoms with Gasteiger partial charge in [0.05, 0.1) is 22.8 Å². The Morgan fingerprint density at radius 3 is 2.48 bits per heavy atom. The number of alkyl halides is 3. The fourth-order valence-electron chi connectivity index (χ4n) is 4.57. The number of hydrogen-bond acceptors (Lipinski definition) is 8. The standard InChI is InChI=1S/C26H27N9.C2HF3O2/c1-17(2)23-15-34(26-32-22-9-4-3-7-19(22)24(28)33-26)13-14-35(23)25(30-16-27)31-21-11-5-10-20-18(21)8-6-12-29-20;3-2(4,5)1(6)7/h3-12,17,23H,13-15H2,1-2H3,(H,30,31)(H2,28,32,33);(H,6,7). The number of carboxylic acids is 1. The van der Waals surface area contributed by atoms with Crippen molar-refractivity contribution in [2.45, 2.75) is 26.1 Å². The number of nitrogen functional groups attached to an aromatic ring is 1. The number of nitrogens with one attached hydrogen (secondary N) is 1. The van der Waals surface area contributed by atoms with Crippen LogP contribution in [0.1, 0.15) is 13.8 Å². The van der Waals surface area contributed by atoms with Crippen LogP contribution in [0, 0.1) is 17.4 Å². The Bertz CT molecular complexity index is 1650. The minimum absolute atomic E-state index is 0.0766. The molecule has 2 aromatic carbocycles. The first-order valence-corrected chi connectivity index (χ1v) is 12.9. The molecular weight excluding hydrogens is 551 g/mol. The number of pyridine rings is 1. The fraction of sp³-hybridized carbons (Fsp3) is 0.286. The summed E-state index contributed by atoms with van der Waals surface area (Å²) in [6, 6.07) is 17.6. The van der Waals surface area contributed by atoms with E-state index in [-0.39, 0.29) is 12.0 Å². The van der Waals surface area contributed by atoms with E-state index in [4.69, 9.17) is 25.6 Å². The second-order valence-corrected chi connectivity index (χ2v) is 9.70. The number of aliphatic carboxylic acids is 1. The third-order valence-electron chi connectivity index (χ3n) is 6.62. The maximum absolute atomic E-state index is 10.6. The second-order valence-electron chi connectivity index (χ2n) is 9.70. The molecule has 4 aromatic rings. The third kappa shape index (κ3) is 6.74. The number of aromatic nitrogens is 3. The monoisotopic (exact) mass is 579 g/mol. The number of guanidine groups is 1. The number of nitrogens with zero attached hydrogens (tertiary/aromatic N) is 7. The number of anilines is 2. The highest BCUT2D eigenvalue weighted by Gasteiger charge is 2.38. The highest BCUT2D eigenvalue weighted by atomic mass is 19.4. The van der Waals surface area contributed by atoms with Gasteiger partial charge in [-0.3, -0.25) is 10.3 Å². The van der Waals surface area contributed by atoms with E-state index in [0.717, 1.165) is 27.5 Å². The van der Waals surface area contributed by atoms with Crippen molar-refractivity contribution in [2.24, 2.45) is 10.9 Å². The van der Waals surface area contributed by atoms with Gasteiger partial charge in [-0.1, -0.05) is 32.0 Å². The summed E-state index contributed by atoms with van der Waals surface area (Å²) in [4.78, 5) is 31.9. The normalized spacial score (nSPS) is 15.7. The summed E-state index contributed by atoms with van der Waals surface area (Å²) >= 11 is 0. The average Bonchev–Trinajstić information content (AvgIpc) is 2.96. The van der Waals surface area contributed by atoms with Crippen LogP contribution in [0.25, 0.3) is 21.8 Å². The number of hydrogen-bond donors (Lipinski definition) is 3. The molecule has 4 N–H and O–H groups in total. The molecule has 1 saturated heterocycles. The molecule has 11 nitrogen and oxygen atoms in total. The number of nitriles is 1. The Kier molecular flexibility index (Phi) is 8.90. The van der Waals surface area contributed by atoms with Crippen molar-refractivity contribution in [1.29, 1.82) is 5.26 Å². The Morgan fingerprint density at radius 1 is 1.10 bits per heavy atom. The summed E-state index contributed by atoms with van der Waals surface area (Å²) in [5, 5.41) is 21.3. The summed E-state index contributed by atoms with van der Waals surface area (Å²) in [5.74, 6) is -0.838. The number of halogens is 3. The van der Waals surface area contributed by atoms with Crippen LogP contribution in [0.15, 0.2) is 65.8 Å². The zero-order valence-corrected chi connectivity index (χ0v) is 22.7. The van der Waals surface area contributed by atoms with Gasteiger partial charge >= 0.3 is 12.1 Å². The molecule has 1 atom stereocenters. The quantitative estimate of drug-likeness (QED) is 0.138. The van der Waals surface area contributed by atoms with Crippen molar-refractivity contribution in [2.75, 3.05) is 30.3 Å². The average molecular weight is 580 g/mol. The molecule has 5 rings (SSSR count). The molecule has 0 radical (unpaired) electrons. The molecule has 0 saturated carbocycles. The zero-order chi connectivity index (χ0) is 30.4. The summed E-state index contributed by atoms with van der Waals surface area (Å²) in [7, 11) is 0. The van der Waals surface area contributed by atoms with Crippen LogP contribution < -0.4 is 16.0 Å². The Labute approximate surface area is 239 Å². The van der Waals surface area contributed by atoms with E-state index in [9.17, 15) is 18.4 Å². The molecular formula is C28H28F3N9O2. The van der Waals surface area contributed by atoms with Crippen LogP contribution in [0.2, 0.25) is 0 Å². The minimum atomic E-state index is -5.08. The van der Waals surface area contributed by atoms with Gasteiger partial charge in [0.2, 0.25) is 11.9 Å². The van der Waals surface area contributed by atoms with Gasteiger partial charge in [0.25, 0.3) is 0 Å². The molecule has 2 aromatic heterocycles. The number of para-hydroxylation sites is 1. The lowest BCUT2D eigenvalue weighted by molar-refractivity contribution is -0.192. The van der Waals surface area contributed by atoms with Crippen molar-refractivity contribution in [3.05, 3.63) is 60.8 Å². The second kappa shape index (κ2) is 12.5. The van der Waals surface area contributed by atoms with Crippen molar-refractivity contribution in [3.8, 4) is 6.19 Å². The Balaban J connectivity index is 0.000000517. The molecule has 0 amide bonds. The number of fused-ring (bicyclic) bond motifs is 2. The lowest BCUT2D eigenvalue weighted by Crippen LogP contribution is -2.59. The van der Waals surface area contributed by atoms with E-state index in [0.29, 0.717) is 37.4 Å². The van der Waals surface area contributed by atoms with Crippen LogP contribution in [0.5, 0.6) is 0 Å². The van der Waals surface area contributed by atoms with Gasteiger partial charge < -0.3 is 20.6 Å². The van der Waals surface area contributed by atoms with Gasteiger partial charge in [-0.15, -0.1) is 0 Å². The first-order chi connectivity index (χ1) is 20.0. The van der Waals surface area contributed by atoms with Crippen LogP contribution >= 0.6 is 0 Å². The lowest BCUT2D eigenvalue weighted by atomic mass is 10.00. The molecule has 1 unspecified atom stereocenters. The van der Waals surface area contributed by atoms with E-state index in [1.54, 1.807) is 6.20 Å². The van der Waals surface area contributed by atoms with E-state index in [1.165, 1.54) is 0 Å². The predicted molar refractivity (Wildman–Crippen MR) is 153 cm³/mol. The molecule has 0 bridgehead atoms. The van der Waals surface area contributed by atoms with Crippen LogP contribution in [-0.2, 0) is 4.79 Å². The number of nitrogens with two attached hydrogens (primary N) is 1. The van der Waals surface area contributed by atoms with Gasteiger partial charge in [-0.25, -0.2) is 14.8 Å². The van der Waals surface area contributed by atoms with E-state index < -0.39 is 12.1 Å². The fourth-order valence-corrected chi connectivity index (χ4v) is 4.57. The smallest absolute Gasteiger partial charge is 0.475 e. The summed E-state index contributed by atoms with van der Waals surface area (Å²) < 4.78 is 31.7. The maximum atomic E-state index is 10.6. The molecule has 0 spiro atoms. The lowest BCUT2D eigenvalue weighted by Gasteiger charge is -2.44. The molecule has 14 heteroatoms. The first kappa shape index (κ1) is 29.8. The minimum Gasteiger partial charge on any atom is -0.475 e.